The summed E-state index contributed by atoms with van der Waals surface area (Å²) in [5.74, 6) is 6.97. The van der Waals surface area contributed by atoms with Crippen molar-refractivity contribution in [1.29, 1.82) is 0 Å². The summed E-state index contributed by atoms with van der Waals surface area (Å²) in [4.78, 5) is 2.26. The number of benzene rings is 2. The second-order valence-corrected chi connectivity index (χ2v) is 4.47. The Morgan fingerprint density at radius 2 is 1.70 bits per heavy atom. The first kappa shape index (κ1) is 14.0. The molecule has 0 atom stereocenters. The summed E-state index contributed by atoms with van der Waals surface area (Å²) in [5, 5.41) is 0. The first-order valence-electron chi connectivity index (χ1n) is 6.66. The van der Waals surface area contributed by atoms with Gasteiger partial charge in [0, 0.05) is 12.2 Å². The molecule has 0 aliphatic carbocycles. The molecule has 0 aliphatic rings. The molecule has 20 heavy (non-hydrogen) atoms. The molecule has 0 N–H and O–H groups in total. The molecule has 0 fully saturated rings. The zero-order valence-corrected chi connectivity index (χ0v) is 12.0. The third-order valence-electron chi connectivity index (χ3n) is 3.10. The Balaban J connectivity index is 2.19. The summed E-state index contributed by atoms with van der Waals surface area (Å²) in [6.45, 7) is 3.44. The molecule has 2 nitrogen and oxygen atoms in total. The van der Waals surface area contributed by atoms with E-state index in [1.807, 2.05) is 25.1 Å². The van der Waals surface area contributed by atoms with Gasteiger partial charge in [0.2, 0.25) is 0 Å². The lowest BCUT2D eigenvalue weighted by atomic mass is 10.2. The van der Waals surface area contributed by atoms with Crippen molar-refractivity contribution < 1.29 is 4.74 Å². The van der Waals surface area contributed by atoms with Gasteiger partial charge in [0.05, 0.1) is 13.7 Å². The number of nitrogens with zero attached hydrogens (tertiary/aromatic N) is 1. The van der Waals surface area contributed by atoms with Crippen LogP contribution in [0.25, 0.3) is 0 Å². The fourth-order valence-electron chi connectivity index (χ4n) is 2.01. The summed E-state index contributed by atoms with van der Waals surface area (Å²) in [7, 11) is 1.68. The normalized spacial score (nSPS) is 9.50. The maximum absolute atomic E-state index is 5.20. The molecule has 0 saturated heterocycles. The lowest BCUT2D eigenvalue weighted by Crippen LogP contribution is -2.22. The van der Waals surface area contributed by atoms with Crippen LogP contribution in [0.4, 0.5) is 5.69 Å². The molecule has 0 saturated carbocycles. The van der Waals surface area contributed by atoms with Crippen LogP contribution in [0.3, 0.4) is 0 Å². The van der Waals surface area contributed by atoms with Crippen molar-refractivity contribution >= 4 is 5.69 Å². The van der Waals surface area contributed by atoms with Crippen LogP contribution in [0.2, 0.25) is 0 Å². The molecule has 0 radical (unpaired) electrons. The van der Waals surface area contributed by atoms with Crippen LogP contribution >= 0.6 is 0 Å². The number of rotatable bonds is 5. The van der Waals surface area contributed by atoms with Crippen LogP contribution in [0.1, 0.15) is 12.5 Å². The average molecular weight is 265 g/mol. The minimum absolute atomic E-state index is 0.720. The van der Waals surface area contributed by atoms with Gasteiger partial charge in [-0.25, -0.2) is 0 Å². The molecule has 0 bridgehead atoms. The highest BCUT2D eigenvalue weighted by Gasteiger charge is 2.06. The Hall–Kier alpha value is -2.40. The van der Waals surface area contributed by atoms with Crippen LogP contribution in [0, 0.1) is 11.8 Å². The standard InChI is InChI=1S/C18H19NO/c1-3-4-14-19(15-16-8-6-5-7-9-16)17-10-12-18(20-2)13-11-17/h5-13H,14-15H2,1-2H3. The van der Waals surface area contributed by atoms with Gasteiger partial charge in [0.25, 0.3) is 0 Å². The van der Waals surface area contributed by atoms with E-state index in [1.54, 1.807) is 7.11 Å². The smallest absolute Gasteiger partial charge is 0.119 e. The summed E-state index contributed by atoms with van der Waals surface area (Å²) >= 11 is 0. The highest BCUT2D eigenvalue weighted by molar-refractivity contribution is 5.50. The van der Waals surface area contributed by atoms with Crippen LogP contribution in [0.5, 0.6) is 5.75 Å². The fraction of sp³-hybridized carbons (Fsp3) is 0.222. The molecule has 102 valence electrons. The molecule has 0 unspecified atom stereocenters. The maximum atomic E-state index is 5.20. The molecule has 0 aliphatic heterocycles. The van der Waals surface area contributed by atoms with E-state index in [0.717, 1.165) is 24.5 Å². The van der Waals surface area contributed by atoms with Gasteiger partial charge in [-0.2, -0.15) is 0 Å². The molecule has 0 heterocycles. The maximum Gasteiger partial charge on any atom is 0.119 e. The van der Waals surface area contributed by atoms with Crippen LogP contribution < -0.4 is 9.64 Å². The Bertz CT molecular complexity index is 578. The van der Waals surface area contributed by atoms with Crippen LogP contribution in [-0.4, -0.2) is 13.7 Å². The Labute approximate surface area is 121 Å². The van der Waals surface area contributed by atoms with E-state index in [0.29, 0.717) is 0 Å². The van der Waals surface area contributed by atoms with Gasteiger partial charge in [0.1, 0.15) is 5.75 Å². The van der Waals surface area contributed by atoms with Crippen molar-refractivity contribution in [2.24, 2.45) is 0 Å². The lowest BCUT2D eigenvalue weighted by molar-refractivity contribution is 0.415. The number of anilines is 1. The second-order valence-electron chi connectivity index (χ2n) is 4.47. The first-order valence-corrected chi connectivity index (χ1v) is 6.66. The minimum atomic E-state index is 0.720. The van der Waals surface area contributed by atoms with Gasteiger partial charge < -0.3 is 9.64 Å². The van der Waals surface area contributed by atoms with Crippen molar-refractivity contribution in [2.45, 2.75) is 13.5 Å². The van der Waals surface area contributed by atoms with Crippen LogP contribution in [0.15, 0.2) is 54.6 Å². The number of hydrogen-bond acceptors (Lipinski definition) is 2. The zero-order chi connectivity index (χ0) is 14.2. The predicted octanol–water partition coefficient (Wildman–Crippen LogP) is 3.73. The molecule has 0 aromatic heterocycles. The number of hydrogen-bond donors (Lipinski definition) is 0. The fourth-order valence-corrected chi connectivity index (χ4v) is 2.01. The van der Waals surface area contributed by atoms with E-state index in [-0.39, 0.29) is 0 Å². The van der Waals surface area contributed by atoms with Crippen molar-refractivity contribution in [3.05, 3.63) is 60.2 Å². The molecular weight excluding hydrogens is 246 g/mol. The average Bonchev–Trinajstić information content (AvgIpc) is 2.52. The van der Waals surface area contributed by atoms with E-state index in [9.17, 15) is 0 Å². The predicted molar refractivity (Wildman–Crippen MR) is 83.9 cm³/mol. The van der Waals surface area contributed by atoms with Gasteiger partial charge in [0.15, 0.2) is 0 Å². The summed E-state index contributed by atoms with van der Waals surface area (Å²) in [5.41, 5.74) is 2.43. The first-order chi connectivity index (χ1) is 9.83. The minimum Gasteiger partial charge on any atom is -0.497 e. The summed E-state index contributed by atoms with van der Waals surface area (Å²) in [6.07, 6.45) is 0. The summed E-state index contributed by atoms with van der Waals surface area (Å²) < 4.78 is 5.20. The largest absolute Gasteiger partial charge is 0.497 e. The SMILES string of the molecule is CC#CCN(Cc1ccccc1)c1ccc(OC)cc1. The van der Waals surface area contributed by atoms with E-state index < -0.39 is 0 Å². The third kappa shape index (κ3) is 3.80. The highest BCUT2D eigenvalue weighted by Crippen LogP contribution is 2.20. The third-order valence-corrected chi connectivity index (χ3v) is 3.10. The van der Waals surface area contributed by atoms with E-state index in [1.165, 1.54) is 5.56 Å². The monoisotopic (exact) mass is 265 g/mol. The zero-order valence-electron chi connectivity index (χ0n) is 12.0. The number of methoxy groups -OCH3 is 1. The molecule has 2 rings (SSSR count). The van der Waals surface area contributed by atoms with Gasteiger partial charge in [-0.1, -0.05) is 36.3 Å². The highest BCUT2D eigenvalue weighted by atomic mass is 16.5. The number of ether oxygens (including phenoxy) is 1. The molecule has 2 aromatic carbocycles. The van der Waals surface area contributed by atoms with Gasteiger partial charge in [-0.05, 0) is 36.8 Å². The van der Waals surface area contributed by atoms with Crippen molar-refractivity contribution in [3.63, 3.8) is 0 Å². The van der Waals surface area contributed by atoms with Gasteiger partial charge in [-0.3, -0.25) is 0 Å². The van der Waals surface area contributed by atoms with Gasteiger partial charge >= 0.3 is 0 Å². The Kier molecular flexibility index (Phi) is 5.08. The van der Waals surface area contributed by atoms with E-state index in [2.05, 4.69) is 53.1 Å². The lowest BCUT2D eigenvalue weighted by Gasteiger charge is -2.22. The van der Waals surface area contributed by atoms with Crippen molar-refractivity contribution in [1.82, 2.24) is 0 Å². The van der Waals surface area contributed by atoms with E-state index >= 15 is 0 Å². The van der Waals surface area contributed by atoms with E-state index in [4.69, 9.17) is 4.74 Å². The van der Waals surface area contributed by atoms with Gasteiger partial charge in [-0.15, -0.1) is 5.92 Å². The topological polar surface area (TPSA) is 12.5 Å². The van der Waals surface area contributed by atoms with Crippen molar-refractivity contribution in [2.75, 3.05) is 18.6 Å². The Morgan fingerprint density at radius 3 is 2.30 bits per heavy atom. The van der Waals surface area contributed by atoms with Crippen molar-refractivity contribution in [3.8, 4) is 17.6 Å². The summed E-state index contributed by atoms with van der Waals surface area (Å²) in [6, 6.07) is 18.5. The molecule has 2 aromatic rings. The second kappa shape index (κ2) is 7.25. The Morgan fingerprint density at radius 1 is 1.00 bits per heavy atom. The molecule has 0 amide bonds. The quantitative estimate of drug-likeness (QED) is 0.764. The van der Waals surface area contributed by atoms with Crippen LogP contribution in [-0.2, 0) is 6.54 Å². The molecular formula is C18H19NO. The molecule has 2 heteroatoms. The molecule has 0 spiro atoms.